The molecular formula is C27H19ClN2OS. The van der Waals surface area contributed by atoms with Crippen LogP contribution in [0.4, 0.5) is 0 Å². The van der Waals surface area contributed by atoms with Gasteiger partial charge in [-0.3, -0.25) is 4.98 Å². The summed E-state index contributed by atoms with van der Waals surface area (Å²) in [6.07, 6.45) is 5.96. The fraction of sp³-hybridized carbons (Fsp3) is 0.0370. The molecule has 0 amide bonds. The first kappa shape index (κ1) is 20.6. The van der Waals surface area contributed by atoms with Crippen LogP contribution in [0.15, 0.2) is 96.0 Å². The maximum absolute atomic E-state index is 12.0. The number of rotatable bonds is 5. The molecule has 5 heteroatoms. The van der Waals surface area contributed by atoms with Gasteiger partial charge in [-0.05, 0) is 52.6 Å². The number of hydrogen-bond acceptors (Lipinski definition) is 4. The summed E-state index contributed by atoms with van der Waals surface area (Å²) >= 11 is 7.56. The van der Waals surface area contributed by atoms with E-state index in [4.69, 9.17) is 11.6 Å². The van der Waals surface area contributed by atoms with Gasteiger partial charge in [0.25, 0.3) is 0 Å². The number of hydrogen-bond donors (Lipinski definition) is 1. The molecule has 0 saturated carbocycles. The van der Waals surface area contributed by atoms with Crippen molar-refractivity contribution in [2.24, 2.45) is 0 Å². The summed E-state index contributed by atoms with van der Waals surface area (Å²) in [6, 6.07) is 25.2. The molecule has 0 fully saturated rings. The first-order valence-corrected chi connectivity index (χ1v) is 11.5. The topological polar surface area (TPSA) is 46.0 Å². The molecule has 3 nitrogen and oxygen atoms in total. The van der Waals surface area contributed by atoms with E-state index in [1.807, 2.05) is 60.0 Å². The summed E-state index contributed by atoms with van der Waals surface area (Å²) in [4.78, 5) is 8.97. The van der Waals surface area contributed by atoms with Crippen LogP contribution >= 0.6 is 22.9 Å². The van der Waals surface area contributed by atoms with Gasteiger partial charge in [-0.2, -0.15) is 0 Å². The number of fused-ring (bicyclic) bond motifs is 1. The van der Waals surface area contributed by atoms with Crippen LogP contribution < -0.4 is 0 Å². The summed E-state index contributed by atoms with van der Waals surface area (Å²) < 4.78 is 0. The number of benzene rings is 3. The Morgan fingerprint density at radius 3 is 2.38 bits per heavy atom. The van der Waals surface area contributed by atoms with Crippen LogP contribution in [0.1, 0.15) is 27.9 Å². The molecule has 0 radical (unpaired) electrons. The molecule has 0 aliphatic heterocycles. The lowest BCUT2D eigenvalue weighted by Crippen LogP contribution is -2.29. The van der Waals surface area contributed by atoms with Crippen LogP contribution in [0, 0.1) is 0 Å². The third kappa shape index (κ3) is 3.84. The first-order valence-electron chi connectivity index (χ1n) is 10.1. The number of pyridine rings is 1. The van der Waals surface area contributed by atoms with Crippen molar-refractivity contribution < 1.29 is 5.11 Å². The second-order valence-corrected chi connectivity index (χ2v) is 8.62. The molecule has 5 aromatic rings. The zero-order valence-electron chi connectivity index (χ0n) is 17.0. The van der Waals surface area contributed by atoms with Crippen molar-refractivity contribution in [2.45, 2.75) is 5.60 Å². The van der Waals surface area contributed by atoms with Crippen LogP contribution in [-0.2, 0) is 5.60 Å². The quantitative estimate of drug-likeness (QED) is 0.317. The summed E-state index contributed by atoms with van der Waals surface area (Å²) in [5.41, 5.74) is 5.33. The van der Waals surface area contributed by atoms with E-state index in [1.54, 1.807) is 23.8 Å². The summed E-state index contributed by atoms with van der Waals surface area (Å²) in [6.45, 7) is 0. The van der Waals surface area contributed by atoms with E-state index in [2.05, 4.69) is 34.3 Å². The second-order valence-electron chi connectivity index (χ2n) is 7.47. The van der Waals surface area contributed by atoms with E-state index in [0.717, 1.165) is 27.6 Å². The molecule has 1 atom stereocenters. The minimum absolute atomic E-state index is 0.578. The molecule has 2 heterocycles. The smallest absolute Gasteiger partial charge is 0.158 e. The summed E-state index contributed by atoms with van der Waals surface area (Å²) in [7, 11) is 0. The highest BCUT2D eigenvalue weighted by Crippen LogP contribution is 2.38. The SMILES string of the molecule is OC(c1ccc(Cl)cc1)(c1ccc2nccc(/C=C/c3ccccc3)c2c1)c1cscn1. The third-order valence-corrected chi connectivity index (χ3v) is 6.35. The molecule has 156 valence electrons. The van der Waals surface area contributed by atoms with Crippen molar-refractivity contribution in [3.8, 4) is 0 Å². The molecule has 32 heavy (non-hydrogen) atoms. The predicted molar refractivity (Wildman–Crippen MR) is 133 cm³/mol. The maximum atomic E-state index is 12.0. The Morgan fingerprint density at radius 2 is 1.62 bits per heavy atom. The third-order valence-electron chi connectivity index (χ3n) is 5.51. The van der Waals surface area contributed by atoms with E-state index in [1.165, 1.54) is 11.3 Å². The number of aliphatic hydroxyl groups is 1. The van der Waals surface area contributed by atoms with Gasteiger partial charge in [0.1, 0.15) is 0 Å². The maximum Gasteiger partial charge on any atom is 0.158 e. The molecular weight excluding hydrogens is 436 g/mol. The lowest BCUT2D eigenvalue weighted by molar-refractivity contribution is 0.121. The largest absolute Gasteiger partial charge is 0.374 e. The normalized spacial score (nSPS) is 13.4. The van der Waals surface area contributed by atoms with Crippen molar-refractivity contribution in [1.29, 1.82) is 0 Å². The zero-order chi connectivity index (χ0) is 22.0. The number of nitrogens with zero attached hydrogens (tertiary/aromatic N) is 2. The van der Waals surface area contributed by atoms with Gasteiger partial charge in [-0.25, -0.2) is 4.98 Å². The molecule has 5 rings (SSSR count). The standard InChI is InChI=1S/C27H19ClN2OS/c28-23-11-8-21(9-12-23)27(31,26-17-32-18-30-26)22-10-13-25-24(16-22)20(14-15-29-25)7-6-19-4-2-1-3-5-19/h1-18,31H/b7-6+. The van der Waals surface area contributed by atoms with E-state index in [-0.39, 0.29) is 0 Å². The fourth-order valence-electron chi connectivity index (χ4n) is 3.83. The molecule has 0 saturated heterocycles. The van der Waals surface area contributed by atoms with Crippen molar-refractivity contribution in [3.05, 3.63) is 129 Å². The van der Waals surface area contributed by atoms with Crippen molar-refractivity contribution >= 4 is 46.0 Å². The number of halogens is 1. The second kappa shape index (κ2) is 8.67. The Bertz CT molecular complexity index is 1380. The zero-order valence-corrected chi connectivity index (χ0v) is 18.6. The Balaban J connectivity index is 1.67. The van der Waals surface area contributed by atoms with Gasteiger partial charge in [0.2, 0.25) is 0 Å². The summed E-state index contributed by atoms with van der Waals surface area (Å²) in [5, 5.41) is 15.5. The molecule has 0 bridgehead atoms. The Hall–Kier alpha value is -3.31. The average molecular weight is 455 g/mol. The number of aromatic nitrogens is 2. The molecule has 3 aromatic carbocycles. The monoisotopic (exact) mass is 454 g/mol. The van der Waals surface area contributed by atoms with Gasteiger partial charge in [0.05, 0.1) is 16.7 Å². The van der Waals surface area contributed by atoms with E-state index in [0.29, 0.717) is 16.3 Å². The van der Waals surface area contributed by atoms with Crippen LogP contribution in [0.3, 0.4) is 0 Å². The highest BCUT2D eigenvalue weighted by atomic mass is 35.5. The fourth-order valence-corrected chi connectivity index (χ4v) is 4.55. The minimum atomic E-state index is -1.41. The van der Waals surface area contributed by atoms with E-state index in [9.17, 15) is 5.11 Å². The predicted octanol–water partition coefficient (Wildman–Crippen LogP) is 6.80. The van der Waals surface area contributed by atoms with Gasteiger partial charge in [-0.15, -0.1) is 11.3 Å². The van der Waals surface area contributed by atoms with E-state index >= 15 is 0 Å². The highest BCUT2D eigenvalue weighted by molar-refractivity contribution is 7.07. The van der Waals surface area contributed by atoms with E-state index < -0.39 is 5.60 Å². The molecule has 0 aliphatic rings. The van der Waals surface area contributed by atoms with Crippen LogP contribution in [-0.4, -0.2) is 15.1 Å². The van der Waals surface area contributed by atoms with Crippen molar-refractivity contribution in [1.82, 2.24) is 9.97 Å². The van der Waals surface area contributed by atoms with Crippen LogP contribution in [0.5, 0.6) is 0 Å². The molecule has 0 spiro atoms. The lowest BCUT2D eigenvalue weighted by Gasteiger charge is -2.28. The van der Waals surface area contributed by atoms with Gasteiger partial charge >= 0.3 is 0 Å². The lowest BCUT2D eigenvalue weighted by atomic mass is 9.83. The Morgan fingerprint density at radius 1 is 0.844 bits per heavy atom. The molecule has 2 aromatic heterocycles. The van der Waals surface area contributed by atoms with Gasteiger partial charge in [0.15, 0.2) is 5.60 Å². The van der Waals surface area contributed by atoms with Gasteiger partial charge in [0, 0.05) is 22.0 Å². The molecule has 0 aliphatic carbocycles. The molecule has 1 N–H and O–H groups in total. The van der Waals surface area contributed by atoms with Gasteiger partial charge < -0.3 is 5.11 Å². The number of thiazole rings is 1. The average Bonchev–Trinajstić information content (AvgIpc) is 3.39. The van der Waals surface area contributed by atoms with Crippen LogP contribution in [0.2, 0.25) is 5.02 Å². The van der Waals surface area contributed by atoms with Crippen molar-refractivity contribution in [3.63, 3.8) is 0 Å². The van der Waals surface area contributed by atoms with Crippen LogP contribution in [0.25, 0.3) is 23.1 Å². The first-order chi connectivity index (χ1) is 15.6. The minimum Gasteiger partial charge on any atom is -0.374 e. The Kier molecular flexibility index (Phi) is 5.58. The highest BCUT2D eigenvalue weighted by Gasteiger charge is 2.36. The van der Waals surface area contributed by atoms with Crippen molar-refractivity contribution in [2.75, 3.05) is 0 Å². The summed E-state index contributed by atoms with van der Waals surface area (Å²) in [5.74, 6) is 0. The Labute approximate surface area is 195 Å². The van der Waals surface area contributed by atoms with Gasteiger partial charge in [-0.1, -0.05) is 72.3 Å². The molecule has 1 unspecified atom stereocenters.